The lowest BCUT2D eigenvalue weighted by molar-refractivity contribution is -0.161. The van der Waals surface area contributed by atoms with Gasteiger partial charge in [0.05, 0.1) is 13.2 Å². The van der Waals surface area contributed by atoms with Crippen LogP contribution in [0.1, 0.15) is 206 Å². The van der Waals surface area contributed by atoms with Crippen molar-refractivity contribution in [1.82, 2.24) is 0 Å². The highest BCUT2D eigenvalue weighted by Crippen LogP contribution is 2.43. The molecule has 0 heterocycles. The van der Waals surface area contributed by atoms with Gasteiger partial charge in [0, 0.05) is 19.4 Å². The molecule has 0 rings (SSSR count). The highest BCUT2D eigenvalue weighted by atomic mass is 31.2. The number of hydrogen-bond donors (Lipinski definition) is 2. The number of ether oxygens (including phenoxy) is 2. The molecule has 0 radical (unpaired) electrons. The van der Waals surface area contributed by atoms with Crippen molar-refractivity contribution < 1.29 is 37.6 Å². The predicted octanol–water partition coefficient (Wildman–Crippen LogP) is 14.1. The summed E-state index contributed by atoms with van der Waals surface area (Å²) in [5.41, 5.74) is 5.36. The minimum absolute atomic E-state index is 0.0481. The number of rotatable bonds is 44. The first-order chi connectivity index (χ1) is 28.8. The SMILES string of the molecule is CCCCC/C=C\C/C=C\C/C=C\CCCCCCCCC(=O)OC(COC(=O)CCCCCCCCCCC/C=C\C/C=C\CCCCC)COP(=O)(O)OCCN. The molecule has 0 aromatic carbocycles. The number of hydrogen-bond acceptors (Lipinski definition) is 8. The Morgan fingerprint density at radius 1 is 0.508 bits per heavy atom. The second-order valence-electron chi connectivity index (χ2n) is 15.6. The minimum Gasteiger partial charge on any atom is -0.462 e. The maximum absolute atomic E-state index is 12.6. The Hall–Kier alpha value is -2.29. The number of allylic oxidation sites excluding steroid dienone is 10. The fourth-order valence-corrected chi connectivity index (χ4v) is 7.08. The van der Waals surface area contributed by atoms with E-state index in [1.807, 2.05) is 0 Å². The average molecular weight is 850 g/mol. The van der Waals surface area contributed by atoms with Crippen LogP contribution in [0.4, 0.5) is 0 Å². The van der Waals surface area contributed by atoms with Crippen LogP contribution in [0.25, 0.3) is 0 Å². The number of carbonyl (C=O) groups excluding carboxylic acids is 2. The second-order valence-corrected chi connectivity index (χ2v) is 17.1. The first-order valence-corrected chi connectivity index (χ1v) is 25.3. The molecule has 342 valence electrons. The predicted molar refractivity (Wildman–Crippen MR) is 247 cm³/mol. The average Bonchev–Trinajstić information content (AvgIpc) is 3.22. The van der Waals surface area contributed by atoms with Gasteiger partial charge in [-0.3, -0.25) is 18.6 Å². The van der Waals surface area contributed by atoms with Crippen molar-refractivity contribution in [1.29, 1.82) is 0 Å². The topological polar surface area (TPSA) is 134 Å². The molecule has 0 aromatic heterocycles. The van der Waals surface area contributed by atoms with Crippen LogP contribution in [0.15, 0.2) is 60.8 Å². The maximum Gasteiger partial charge on any atom is 0.472 e. The fraction of sp³-hybridized carbons (Fsp3) is 0.755. The monoisotopic (exact) mass is 850 g/mol. The summed E-state index contributed by atoms with van der Waals surface area (Å²) >= 11 is 0. The third kappa shape index (κ3) is 45.1. The van der Waals surface area contributed by atoms with Crippen LogP contribution in [0.3, 0.4) is 0 Å². The van der Waals surface area contributed by atoms with Crippen molar-refractivity contribution in [2.45, 2.75) is 213 Å². The number of nitrogens with two attached hydrogens (primary N) is 1. The van der Waals surface area contributed by atoms with Crippen molar-refractivity contribution in [2.75, 3.05) is 26.4 Å². The Balaban J connectivity index is 4.14. The van der Waals surface area contributed by atoms with Gasteiger partial charge in [0.1, 0.15) is 6.61 Å². The van der Waals surface area contributed by atoms with Crippen LogP contribution in [-0.2, 0) is 32.7 Å². The van der Waals surface area contributed by atoms with E-state index in [1.54, 1.807) is 0 Å². The number of carbonyl (C=O) groups is 2. The number of unbranched alkanes of at least 4 members (excludes halogenated alkanes) is 21. The Morgan fingerprint density at radius 3 is 1.31 bits per heavy atom. The lowest BCUT2D eigenvalue weighted by Crippen LogP contribution is -2.29. The molecule has 3 N–H and O–H groups in total. The molecule has 9 nitrogen and oxygen atoms in total. The number of phosphoric ester groups is 1. The van der Waals surface area contributed by atoms with Gasteiger partial charge in [-0.25, -0.2) is 4.57 Å². The summed E-state index contributed by atoms with van der Waals surface area (Å²) in [7, 11) is -4.39. The smallest absolute Gasteiger partial charge is 0.462 e. The normalized spacial score (nSPS) is 13.8. The van der Waals surface area contributed by atoms with E-state index < -0.39 is 32.5 Å². The summed E-state index contributed by atoms with van der Waals surface area (Å²) in [5, 5.41) is 0. The van der Waals surface area contributed by atoms with Crippen molar-refractivity contribution in [3.05, 3.63) is 60.8 Å². The summed E-state index contributed by atoms with van der Waals surface area (Å²) in [6, 6.07) is 0. The number of phosphoric acid groups is 1. The highest BCUT2D eigenvalue weighted by Gasteiger charge is 2.26. The molecule has 0 aromatic rings. The molecule has 0 aliphatic carbocycles. The molecule has 0 fully saturated rings. The van der Waals surface area contributed by atoms with Gasteiger partial charge in [0.2, 0.25) is 0 Å². The van der Waals surface area contributed by atoms with Gasteiger partial charge in [-0.15, -0.1) is 0 Å². The molecule has 2 atom stereocenters. The van der Waals surface area contributed by atoms with Gasteiger partial charge < -0.3 is 20.1 Å². The lowest BCUT2D eigenvalue weighted by atomic mass is 10.1. The molecule has 0 spiro atoms. The van der Waals surface area contributed by atoms with Crippen LogP contribution in [0.2, 0.25) is 0 Å². The van der Waals surface area contributed by atoms with Crippen molar-refractivity contribution >= 4 is 19.8 Å². The molecule has 10 heteroatoms. The molecule has 0 amide bonds. The Bertz CT molecular complexity index is 1150. The molecule has 2 unspecified atom stereocenters. The number of esters is 2. The van der Waals surface area contributed by atoms with E-state index in [-0.39, 0.29) is 32.6 Å². The van der Waals surface area contributed by atoms with Crippen LogP contribution < -0.4 is 5.73 Å². The largest absolute Gasteiger partial charge is 0.472 e. The van der Waals surface area contributed by atoms with Crippen molar-refractivity contribution in [3.8, 4) is 0 Å². The molecular weight excluding hydrogens is 762 g/mol. The second kappa shape index (κ2) is 45.2. The first-order valence-electron chi connectivity index (χ1n) is 23.8. The van der Waals surface area contributed by atoms with Crippen LogP contribution >= 0.6 is 7.82 Å². The van der Waals surface area contributed by atoms with Gasteiger partial charge in [0.25, 0.3) is 0 Å². The summed E-state index contributed by atoms with van der Waals surface area (Å²) in [6.07, 6.45) is 53.8. The van der Waals surface area contributed by atoms with Crippen molar-refractivity contribution in [3.63, 3.8) is 0 Å². The van der Waals surface area contributed by atoms with Crippen LogP contribution in [0, 0.1) is 0 Å². The van der Waals surface area contributed by atoms with E-state index >= 15 is 0 Å². The zero-order valence-corrected chi connectivity index (χ0v) is 38.6. The van der Waals surface area contributed by atoms with Crippen LogP contribution in [-0.4, -0.2) is 49.3 Å². The minimum atomic E-state index is -4.39. The van der Waals surface area contributed by atoms with Gasteiger partial charge in [0.15, 0.2) is 6.10 Å². The molecule has 0 saturated heterocycles. The van der Waals surface area contributed by atoms with Gasteiger partial charge in [-0.1, -0.05) is 171 Å². The van der Waals surface area contributed by atoms with Gasteiger partial charge >= 0.3 is 19.8 Å². The highest BCUT2D eigenvalue weighted by molar-refractivity contribution is 7.47. The van der Waals surface area contributed by atoms with E-state index in [9.17, 15) is 19.0 Å². The van der Waals surface area contributed by atoms with E-state index in [0.717, 1.165) is 89.9 Å². The van der Waals surface area contributed by atoms with Crippen LogP contribution in [0.5, 0.6) is 0 Å². The standard InChI is InChI=1S/C49H88NO8P/c1-3-5-7-9-11-13-15-17-19-21-23-25-27-29-31-33-35-37-39-41-48(51)55-45-47(46-57-59(53,54)56-44-43-50)58-49(52)42-40-38-36-34-32-30-28-26-24-22-20-18-16-14-12-10-8-6-4-2/h11-14,17-20,24,26,47H,3-10,15-16,21-23,25,27-46,50H2,1-2H3,(H,53,54)/b13-11-,14-12-,19-17-,20-18-,26-24-. The molecule has 0 aliphatic rings. The lowest BCUT2D eigenvalue weighted by Gasteiger charge is -2.19. The molecule has 0 bridgehead atoms. The quantitative estimate of drug-likeness (QED) is 0.0266. The Labute approximate surface area is 361 Å². The zero-order valence-electron chi connectivity index (χ0n) is 37.7. The maximum atomic E-state index is 12.6. The van der Waals surface area contributed by atoms with E-state index in [0.29, 0.717) is 6.42 Å². The third-order valence-electron chi connectivity index (χ3n) is 9.88. The molecule has 59 heavy (non-hydrogen) atoms. The summed E-state index contributed by atoms with van der Waals surface area (Å²) in [6.45, 7) is 3.67. The molecule has 0 saturated carbocycles. The fourth-order valence-electron chi connectivity index (χ4n) is 6.32. The molecular formula is C49H88NO8P. The Morgan fingerprint density at radius 2 is 0.881 bits per heavy atom. The zero-order chi connectivity index (χ0) is 43.2. The summed E-state index contributed by atoms with van der Waals surface area (Å²) < 4.78 is 32.9. The summed E-state index contributed by atoms with van der Waals surface area (Å²) in [4.78, 5) is 35.0. The molecule has 0 aliphatic heterocycles. The van der Waals surface area contributed by atoms with E-state index in [4.69, 9.17) is 24.3 Å². The summed E-state index contributed by atoms with van der Waals surface area (Å²) in [5.74, 6) is -0.848. The van der Waals surface area contributed by atoms with Gasteiger partial charge in [-0.2, -0.15) is 0 Å². The first kappa shape index (κ1) is 56.7. The Kier molecular flexibility index (Phi) is 43.5. The van der Waals surface area contributed by atoms with Gasteiger partial charge in [-0.05, 0) is 83.5 Å². The van der Waals surface area contributed by atoms with Crippen molar-refractivity contribution in [2.24, 2.45) is 5.73 Å². The third-order valence-corrected chi connectivity index (χ3v) is 10.9. The van der Waals surface area contributed by atoms with E-state index in [2.05, 4.69) is 74.6 Å². The van der Waals surface area contributed by atoms with E-state index in [1.165, 1.54) is 83.5 Å².